The van der Waals surface area contributed by atoms with Crippen molar-refractivity contribution in [3.8, 4) is 0 Å². The molecule has 0 unspecified atom stereocenters. The van der Waals surface area contributed by atoms with E-state index in [1.807, 2.05) is 50.2 Å². The van der Waals surface area contributed by atoms with E-state index < -0.39 is 6.97 Å². The van der Waals surface area contributed by atoms with Gasteiger partial charge in [-0.3, -0.25) is 4.79 Å². The molecule has 7 heteroatoms. The number of rotatable bonds is 3. The first-order valence-electron chi connectivity index (χ1n) is 9.64. The largest absolute Gasteiger partial charge is 0.737 e. The normalized spacial score (nSPS) is 17.3. The fourth-order valence-corrected chi connectivity index (χ4v) is 4.71. The van der Waals surface area contributed by atoms with Gasteiger partial charge in [-0.15, -0.1) is 0 Å². The van der Waals surface area contributed by atoms with Gasteiger partial charge in [0.1, 0.15) is 5.71 Å². The Morgan fingerprint density at radius 3 is 2.24 bits per heavy atom. The summed E-state index contributed by atoms with van der Waals surface area (Å²) < 4.78 is 33.8. The molecule has 0 radical (unpaired) electrons. The molecular weight excluding hydrogens is 371 g/mol. The SMILES string of the molecule is CC1=CC(C)=[N+]2C1=C(c1ccc(N(C)C)cc1)c1c(C)c(C=O)c(C)n1[B-]2(F)F. The first kappa shape index (κ1) is 19.4. The smallest absolute Gasteiger partial charge is 0.393 e. The number of aldehydes is 1. The fourth-order valence-electron chi connectivity index (χ4n) is 4.71. The van der Waals surface area contributed by atoms with Crippen molar-refractivity contribution in [3.05, 3.63) is 69.7 Å². The molecule has 0 atom stereocenters. The molecule has 0 aliphatic carbocycles. The minimum absolute atomic E-state index is 0.302. The van der Waals surface area contributed by atoms with Crippen LogP contribution in [0.2, 0.25) is 0 Å². The molecule has 0 amide bonds. The topological polar surface area (TPSA) is 28.2 Å². The quantitative estimate of drug-likeness (QED) is 0.569. The molecule has 0 N–H and O–H groups in total. The van der Waals surface area contributed by atoms with Crippen molar-refractivity contribution in [1.29, 1.82) is 0 Å². The maximum atomic E-state index is 15.8. The fraction of sp³-hybridized carbons (Fsp3) is 0.273. The number of anilines is 1. The molecule has 0 spiro atoms. The van der Waals surface area contributed by atoms with Crippen LogP contribution in [0.3, 0.4) is 0 Å². The molecule has 0 bridgehead atoms. The molecule has 0 fully saturated rings. The van der Waals surface area contributed by atoms with Gasteiger partial charge in [0.05, 0.1) is 5.57 Å². The summed E-state index contributed by atoms with van der Waals surface area (Å²) in [5.41, 5.74) is 6.11. The van der Waals surface area contributed by atoms with Crippen LogP contribution in [-0.2, 0) is 0 Å². The summed E-state index contributed by atoms with van der Waals surface area (Å²) in [6.07, 6.45) is 2.49. The Balaban J connectivity index is 2.13. The highest BCUT2D eigenvalue weighted by molar-refractivity contribution is 6.58. The number of nitrogens with zero attached hydrogens (tertiary/aromatic N) is 3. The number of carbonyl (C=O) groups excluding carboxylic acids is 1. The Hall–Kier alpha value is -2.96. The summed E-state index contributed by atoms with van der Waals surface area (Å²) in [7, 11) is 3.92. The molecule has 0 saturated heterocycles. The first-order valence-corrected chi connectivity index (χ1v) is 9.64. The van der Waals surface area contributed by atoms with E-state index in [9.17, 15) is 4.79 Å². The molecule has 2 aliphatic rings. The van der Waals surface area contributed by atoms with Gasteiger partial charge >= 0.3 is 6.97 Å². The van der Waals surface area contributed by atoms with E-state index in [2.05, 4.69) is 0 Å². The van der Waals surface area contributed by atoms with E-state index in [4.69, 9.17) is 0 Å². The second kappa shape index (κ2) is 6.27. The number of fused-ring (bicyclic) bond motifs is 2. The van der Waals surface area contributed by atoms with E-state index in [1.54, 1.807) is 26.8 Å². The standard InChI is InChI=1S/C22H24BF2N3O/c1-13-11-14(2)27-21(13)20(17-7-9-18(10-8-17)26(5)6)22-15(3)19(12-29)16(4)28(22)23(27,24)25/h7-12H,1-6H3. The van der Waals surface area contributed by atoms with Crippen LogP contribution >= 0.6 is 0 Å². The van der Waals surface area contributed by atoms with Crippen molar-refractivity contribution >= 4 is 30.2 Å². The zero-order valence-corrected chi connectivity index (χ0v) is 17.5. The summed E-state index contributed by atoms with van der Waals surface area (Å²) in [5.74, 6) is 0. The lowest BCUT2D eigenvalue weighted by Crippen LogP contribution is -2.51. The lowest BCUT2D eigenvalue weighted by molar-refractivity contribution is -0.363. The number of hydrogen-bond acceptors (Lipinski definition) is 2. The van der Waals surface area contributed by atoms with Gasteiger partial charge in [0.2, 0.25) is 0 Å². The average Bonchev–Trinajstić information content (AvgIpc) is 3.10. The summed E-state index contributed by atoms with van der Waals surface area (Å²) in [6.45, 7) is 2.81. The van der Waals surface area contributed by atoms with Crippen LogP contribution < -0.4 is 4.90 Å². The van der Waals surface area contributed by atoms with Crippen molar-refractivity contribution < 1.29 is 17.9 Å². The maximum Gasteiger partial charge on any atom is 0.737 e. The van der Waals surface area contributed by atoms with E-state index in [0.29, 0.717) is 40.2 Å². The van der Waals surface area contributed by atoms with E-state index in [-0.39, 0.29) is 0 Å². The predicted octanol–water partition coefficient (Wildman–Crippen LogP) is 4.41. The Morgan fingerprint density at radius 2 is 1.69 bits per heavy atom. The van der Waals surface area contributed by atoms with Gasteiger partial charge in [-0.2, -0.15) is 0 Å². The Morgan fingerprint density at radius 1 is 1.07 bits per heavy atom. The molecule has 4 rings (SSSR count). The Kier molecular flexibility index (Phi) is 4.19. The number of hydrogen-bond donors (Lipinski definition) is 0. The van der Waals surface area contributed by atoms with Crippen LogP contribution in [0.25, 0.3) is 5.57 Å². The van der Waals surface area contributed by atoms with Crippen LogP contribution in [0.4, 0.5) is 14.3 Å². The van der Waals surface area contributed by atoms with E-state index >= 15 is 8.63 Å². The predicted molar refractivity (Wildman–Crippen MR) is 114 cm³/mol. The van der Waals surface area contributed by atoms with Crippen LogP contribution in [0.5, 0.6) is 0 Å². The van der Waals surface area contributed by atoms with Crippen molar-refractivity contribution in [2.75, 3.05) is 19.0 Å². The monoisotopic (exact) mass is 395 g/mol. The van der Waals surface area contributed by atoms with Gasteiger partial charge in [-0.05, 0) is 49.7 Å². The number of carbonyl (C=O) groups is 1. The molecule has 0 saturated carbocycles. The zero-order valence-electron chi connectivity index (χ0n) is 17.5. The van der Waals surface area contributed by atoms with Gasteiger partial charge in [0.15, 0.2) is 12.0 Å². The van der Waals surface area contributed by atoms with Crippen molar-refractivity contribution in [1.82, 2.24) is 4.48 Å². The van der Waals surface area contributed by atoms with E-state index in [0.717, 1.165) is 31.4 Å². The zero-order chi connectivity index (χ0) is 21.2. The Labute approximate surface area is 169 Å². The number of halogens is 2. The minimum Gasteiger partial charge on any atom is -0.393 e. The molecule has 1 aromatic heterocycles. The van der Waals surface area contributed by atoms with Gasteiger partial charge < -0.3 is 22.5 Å². The lowest BCUT2D eigenvalue weighted by Gasteiger charge is -2.34. The highest BCUT2D eigenvalue weighted by atomic mass is 19.2. The van der Waals surface area contributed by atoms with Gasteiger partial charge in [0, 0.05) is 49.6 Å². The average molecular weight is 395 g/mol. The first-order chi connectivity index (χ1) is 13.6. The number of benzene rings is 1. The molecule has 4 nitrogen and oxygen atoms in total. The van der Waals surface area contributed by atoms with Crippen LogP contribution in [0.1, 0.15) is 46.7 Å². The van der Waals surface area contributed by atoms with Gasteiger partial charge in [-0.1, -0.05) is 12.1 Å². The molecule has 29 heavy (non-hydrogen) atoms. The highest BCUT2D eigenvalue weighted by Gasteiger charge is 2.55. The lowest BCUT2D eigenvalue weighted by atomic mass is 9.84. The third kappa shape index (κ3) is 2.49. The molecule has 1 aromatic carbocycles. The maximum absolute atomic E-state index is 15.8. The van der Waals surface area contributed by atoms with Gasteiger partial charge in [-0.25, -0.2) is 0 Å². The second-order valence-corrected chi connectivity index (χ2v) is 8.05. The third-order valence-electron chi connectivity index (χ3n) is 6.06. The summed E-state index contributed by atoms with van der Waals surface area (Å²) >= 11 is 0. The summed E-state index contributed by atoms with van der Waals surface area (Å²) in [5, 5.41) is 0. The molecule has 2 aromatic rings. The number of aromatic nitrogens is 1. The van der Waals surface area contributed by atoms with Crippen LogP contribution in [-0.4, -0.2) is 42.0 Å². The Bertz CT molecular complexity index is 1150. The highest BCUT2D eigenvalue weighted by Crippen LogP contribution is 2.45. The molecule has 2 aliphatic heterocycles. The molecular formula is C22H24BF2N3O. The van der Waals surface area contributed by atoms with E-state index in [1.165, 1.54) is 0 Å². The second-order valence-electron chi connectivity index (χ2n) is 8.05. The van der Waals surface area contributed by atoms with Gasteiger partial charge in [0.25, 0.3) is 0 Å². The van der Waals surface area contributed by atoms with Crippen molar-refractivity contribution in [3.63, 3.8) is 0 Å². The molecule has 150 valence electrons. The summed E-state index contributed by atoms with van der Waals surface area (Å²) in [6, 6.07) is 7.87. The van der Waals surface area contributed by atoms with Crippen molar-refractivity contribution in [2.24, 2.45) is 0 Å². The minimum atomic E-state index is -4.10. The van der Waals surface area contributed by atoms with Crippen LogP contribution in [0, 0.1) is 13.8 Å². The summed E-state index contributed by atoms with van der Waals surface area (Å²) in [4.78, 5) is 13.7. The molecule has 3 heterocycles. The van der Waals surface area contributed by atoms with Crippen molar-refractivity contribution in [2.45, 2.75) is 27.7 Å². The third-order valence-corrected chi connectivity index (χ3v) is 6.06. The van der Waals surface area contributed by atoms with Crippen LogP contribution in [0.15, 0.2) is 41.6 Å². The number of allylic oxidation sites excluding steroid dienone is 2.